The van der Waals surface area contributed by atoms with E-state index in [1.54, 1.807) is 12.1 Å². The fourth-order valence-electron chi connectivity index (χ4n) is 4.47. The highest BCUT2D eigenvalue weighted by Crippen LogP contribution is 2.38. The van der Waals surface area contributed by atoms with Gasteiger partial charge in [0.15, 0.2) is 0 Å². The summed E-state index contributed by atoms with van der Waals surface area (Å²) in [6.45, 7) is 3.11. The maximum absolute atomic E-state index is 13.2. The Balaban J connectivity index is 1.49. The Kier molecular flexibility index (Phi) is 4.37. The monoisotopic (exact) mass is 329 g/mol. The fourth-order valence-corrected chi connectivity index (χ4v) is 4.47. The quantitative estimate of drug-likeness (QED) is 0.934. The molecule has 0 spiro atoms. The largest absolute Gasteiger partial charge is 0.381 e. The van der Waals surface area contributed by atoms with E-state index < -0.39 is 0 Å². The number of halogens is 1. The number of H-pyrrole nitrogens is 1. The van der Waals surface area contributed by atoms with Gasteiger partial charge in [-0.2, -0.15) is 5.10 Å². The summed E-state index contributed by atoms with van der Waals surface area (Å²) < 4.78 is 18.9. The molecule has 0 amide bonds. The van der Waals surface area contributed by atoms with Crippen LogP contribution in [0.4, 0.5) is 4.39 Å². The third kappa shape index (κ3) is 2.98. The standard InChI is InChI=1S/C19H24FN3O/c1-24-18-4-2-3-14-10-23(12-17(14)18)11-15-9-21-22-19(15)13-5-7-16(20)8-6-13/h5-9,14,17-18H,2-4,10-12H2,1H3,(H,21,22)/t14-,17+,18-/m1/s1. The molecule has 4 nitrogen and oxygen atoms in total. The zero-order chi connectivity index (χ0) is 16.5. The van der Waals surface area contributed by atoms with Gasteiger partial charge in [-0.25, -0.2) is 4.39 Å². The van der Waals surface area contributed by atoms with Crippen LogP contribution in [0.15, 0.2) is 30.5 Å². The summed E-state index contributed by atoms with van der Waals surface area (Å²) in [5.41, 5.74) is 3.15. The number of ether oxygens (including phenoxy) is 1. The number of fused-ring (bicyclic) bond motifs is 1. The Morgan fingerprint density at radius 2 is 2.08 bits per heavy atom. The highest BCUT2D eigenvalue weighted by molar-refractivity contribution is 5.62. The Labute approximate surface area is 142 Å². The molecule has 2 aromatic rings. The van der Waals surface area contributed by atoms with Crippen LogP contribution < -0.4 is 0 Å². The van der Waals surface area contributed by atoms with E-state index in [0.717, 1.165) is 36.8 Å². The minimum absolute atomic E-state index is 0.214. The molecule has 128 valence electrons. The number of hydrogen-bond acceptors (Lipinski definition) is 3. The van der Waals surface area contributed by atoms with E-state index in [4.69, 9.17) is 4.74 Å². The van der Waals surface area contributed by atoms with Gasteiger partial charge >= 0.3 is 0 Å². The predicted molar refractivity (Wildman–Crippen MR) is 90.9 cm³/mol. The molecule has 1 aliphatic carbocycles. The van der Waals surface area contributed by atoms with Crippen LogP contribution in [0.1, 0.15) is 24.8 Å². The highest BCUT2D eigenvalue weighted by Gasteiger charge is 2.40. The first kappa shape index (κ1) is 15.8. The molecule has 0 bridgehead atoms. The molecule has 3 atom stereocenters. The Morgan fingerprint density at radius 3 is 2.88 bits per heavy atom. The van der Waals surface area contributed by atoms with Crippen molar-refractivity contribution in [3.05, 3.63) is 41.8 Å². The van der Waals surface area contributed by atoms with Gasteiger partial charge in [0.05, 0.1) is 18.0 Å². The third-order valence-corrected chi connectivity index (χ3v) is 5.66. The Morgan fingerprint density at radius 1 is 1.25 bits per heavy atom. The lowest BCUT2D eigenvalue weighted by molar-refractivity contribution is 0.0125. The van der Waals surface area contributed by atoms with E-state index in [9.17, 15) is 4.39 Å². The number of aromatic nitrogens is 2. The minimum Gasteiger partial charge on any atom is -0.381 e. The topological polar surface area (TPSA) is 41.1 Å². The predicted octanol–water partition coefficient (Wildman–Crippen LogP) is 3.46. The van der Waals surface area contributed by atoms with Crippen molar-refractivity contribution in [2.45, 2.75) is 31.9 Å². The number of likely N-dealkylation sites (tertiary alicyclic amines) is 1. The van der Waals surface area contributed by atoms with Gasteiger partial charge in [0.25, 0.3) is 0 Å². The van der Waals surface area contributed by atoms with Crippen LogP contribution in [0.25, 0.3) is 11.3 Å². The van der Waals surface area contributed by atoms with Crippen LogP contribution in [0.5, 0.6) is 0 Å². The second kappa shape index (κ2) is 6.65. The molecular weight excluding hydrogens is 305 g/mol. The van der Waals surface area contributed by atoms with Gasteiger partial charge in [-0.3, -0.25) is 10.00 Å². The summed E-state index contributed by atoms with van der Waals surface area (Å²) in [4.78, 5) is 2.52. The molecule has 5 heteroatoms. The number of hydrogen-bond donors (Lipinski definition) is 1. The lowest BCUT2D eigenvalue weighted by atomic mass is 9.79. The van der Waals surface area contributed by atoms with Crippen LogP contribution in [0.3, 0.4) is 0 Å². The van der Waals surface area contributed by atoms with Crippen molar-refractivity contribution in [2.75, 3.05) is 20.2 Å². The molecule has 1 aliphatic heterocycles. The van der Waals surface area contributed by atoms with Crippen molar-refractivity contribution in [3.63, 3.8) is 0 Å². The summed E-state index contributed by atoms with van der Waals surface area (Å²) in [5.74, 6) is 1.20. The first-order chi connectivity index (χ1) is 11.7. The molecule has 1 saturated carbocycles. The lowest BCUT2D eigenvalue weighted by Gasteiger charge is -2.31. The molecular formula is C19H24FN3O. The summed E-state index contributed by atoms with van der Waals surface area (Å²) in [5, 5.41) is 7.29. The van der Waals surface area contributed by atoms with E-state index in [1.165, 1.54) is 37.0 Å². The van der Waals surface area contributed by atoms with Gasteiger partial charge < -0.3 is 4.74 Å². The molecule has 4 rings (SSSR count). The SMILES string of the molecule is CO[C@@H]1CCC[C@@H]2CN(Cc3cn[nH]c3-c3ccc(F)cc3)C[C@@H]21. The molecule has 2 fully saturated rings. The van der Waals surface area contributed by atoms with Gasteiger partial charge in [-0.15, -0.1) is 0 Å². The van der Waals surface area contributed by atoms with Gasteiger partial charge in [0, 0.05) is 43.8 Å². The van der Waals surface area contributed by atoms with E-state index >= 15 is 0 Å². The first-order valence-electron chi connectivity index (χ1n) is 8.78. The van der Waals surface area contributed by atoms with Crippen LogP contribution >= 0.6 is 0 Å². The fraction of sp³-hybridized carbons (Fsp3) is 0.526. The maximum Gasteiger partial charge on any atom is 0.123 e. The number of benzene rings is 1. The molecule has 1 aromatic carbocycles. The van der Waals surface area contributed by atoms with E-state index in [2.05, 4.69) is 15.1 Å². The summed E-state index contributed by atoms with van der Waals surface area (Å²) in [6, 6.07) is 6.59. The van der Waals surface area contributed by atoms with Gasteiger partial charge in [-0.1, -0.05) is 6.42 Å². The lowest BCUT2D eigenvalue weighted by Crippen LogP contribution is -2.33. The molecule has 2 aliphatic rings. The molecule has 1 saturated heterocycles. The van der Waals surface area contributed by atoms with Crippen molar-refractivity contribution in [3.8, 4) is 11.3 Å². The summed E-state index contributed by atoms with van der Waals surface area (Å²) >= 11 is 0. The molecule has 24 heavy (non-hydrogen) atoms. The molecule has 1 N–H and O–H groups in total. The van der Waals surface area contributed by atoms with Crippen molar-refractivity contribution in [1.82, 2.24) is 15.1 Å². The van der Waals surface area contributed by atoms with E-state index in [-0.39, 0.29) is 5.82 Å². The molecule has 2 heterocycles. The van der Waals surface area contributed by atoms with Gasteiger partial charge in [-0.05, 0) is 43.0 Å². The van der Waals surface area contributed by atoms with Gasteiger partial charge in [0.1, 0.15) is 5.82 Å². The average Bonchev–Trinajstić information content (AvgIpc) is 3.22. The third-order valence-electron chi connectivity index (χ3n) is 5.66. The van der Waals surface area contributed by atoms with Gasteiger partial charge in [0.2, 0.25) is 0 Å². The van der Waals surface area contributed by atoms with Crippen LogP contribution in [-0.2, 0) is 11.3 Å². The number of methoxy groups -OCH3 is 1. The Bertz CT molecular complexity index is 684. The first-order valence-corrected chi connectivity index (χ1v) is 8.78. The van der Waals surface area contributed by atoms with E-state index in [1.807, 2.05) is 13.3 Å². The van der Waals surface area contributed by atoms with Crippen LogP contribution in [0.2, 0.25) is 0 Å². The maximum atomic E-state index is 13.2. The number of nitrogens with zero attached hydrogens (tertiary/aromatic N) is 2. The Hall–Kier alpha value is -1.72. The molecule has 0 unspecified atom stereocenters. The van der Waals surface area contributed by atoms with Crippen molar-refractivity contribution >= 4 is 0 Å². The number of aromatic amines is 1. The number of nitrogens with one attached hydrogen (secondary N) is 1. The zero-order valence-corrected chi connectivity index (χ0v) is 14.0. The van der Waals surface area contributed by atoms with Crippen LogP contribution in [0, 0.1) is 17.7 Å². The second-order valence-corrected chi connectivity index (χ2v) is 7.10. The van der Waals surface area contributed by atoms with E-state index in [0.29, 0.717) is 12.0 Å². The zero-order valence-electron chi connectivity index (χ0n) is 14.0. The minimum atomic E-state index is -0.214. The second-order valence-electron chi connectivity index (χ2n) is 7.10. The summed E-state index contributed by atoms with van der Waals surface area (Å²) in [6.07, 6.45) is 6.10. The highest BCUT2D eigenvalue weighted by atomic mass is 19.1. The smallest absolute Gasteiger partial charge is 0.123 e. The molecule has 1 aromatic heterocycles. The van der Waals surface area contributed by atoms with Crippen molar-refractivity contribution < 1.29 is 9.13 Å². The van der Waals surface area contributed by atoms with Crippen molar-refractivity contribution in [1.29, 1.82) is 0 Å². The molecule has 0 radical (unpaired) electrons. The van der Waals surface area contributed by atoms with Crippen LogP contribution in [-0.4, -0.2) is 41.4 Å². The summed E-state index contributed by atoms with van der Waals surface area (Å²) in [7, 11) is 1.85. The average molecular weight is 329 g/mol. The van der Waals surface area contributed by atoms with Crippen molar-refractivity contribution in [2.24, 2.45) is 11.8 Å². The number of rotatable bonds is 4. The normalized spacial score (nSPS) is 27.3.